The summed E-state index contributed by atoms with van der Waals surface area (Å²) in [5.74, 6) is 0.112. The van der Waals surface area contributed by atoms with E-state index >= 15 is 4.57 Å². The van der Waals surface area contributed by atoms with Crippen molar-refractivity contribution in [2.75, 3.05) is 19.8 Å². The molecule has 0 unspecified atom stereocenters. The van der Waals surface area contributed by atoms with Crippen molar-refractivity contribution in [3.8, 4) is 0 Å². The molecule has 4 aromatic carbocycles. The van der Waals surface area contributed by atoms with Crippen LogP contribution in [0.1, 0.15) is 42.5 Å². The number of ether oxygens (including phenoxy) is 1. The first kappa shape index (κ1) is 28.8. The maximum absolute atomic E-state index is 15.5. The molecular formula is C36H38NO3P. The van der Waals surface area contributed by atoms with Crippen molar-refractivity contribution in [2.24, 2.45) is 5.92 Å². The van der Waals surface area contributed by atoms with Crippen molar-refractivity contribution in [3.05, 3.63) is 161 Å². The van der Waals surface area contributed by atoms with Crippen molar-refractivity contribution < 1.29 is 13.8 Å². The van der Waals surface area contributed by atoms with Crippen molar-refractivity contribution in [1.82, 2.24) is 4.67 Å². The third-order valence-corrected chi connectivity index (χ3v) is 9.76. The van der Waals surface area contributed by atoms with Crippen LogP contribution in [-0.2, 0) is 19.4 Å². The van der Waals surface area contributed by atoms with Crippen LogP contribution >= 0.6 is 7.52 Å². The lowest BCUT2D eigenvalue weighted by Gasteiger charge is -2.50. The molecule has 1 saturated heterocycles. The van der Waals surface area contributed by atoms with Gasteiger partial charge in [-0.1, -0.05) is 141 Å². The monoisotopic (exact) mass is 563 g/mol. The van der Waals surface area contributed by atoms with Crippen molar-refractivity contribution in [2.45, 2.75) is 25.8 Å². The minimum absolute atomic E-state index is 0.112. The molecule has 0 aromatic heterocycles. The number of hydrogen-bond donors (Lipinski definition) is 0. The Kier molecular flexibility index (Phi) is 9.36. The molecular weight excluding hydrogens is 525 g/mol. The smallest absolute Gasteiger partial charge is 0.337 e. The maximum Gasteiger partial charge on any atom is 0.337 e. The van der Waals surface area contributed by atoms with Gasteiger partial charge in [-0.3, -0.25) is 4.57 Å². The Morgan fingerprint density at radius 2 is 1.32 bits per heavy atom. The second-order valence-corrected chi connectivity index (χ2v) is 12.7. The summed E-state index contributed by atoms with van der Waals surface area (Å²) in [4.78, 5) is 0. The highest BCUT2D eigenvalue weighted by molar-refractivity contribution is 7.60. The molecule has 1 aliphatic heterocycles. The largest absolute Gasteiger partial charge is 0.483 e. The van der Waals surface area contributed by atoms with E-state index in [0.29, 0.717) is 18.7 Å². The van der Waals surface area contributed by atoms with Gasteiger partial charge >= 0.3 is 7.52 Å². The molecule has 0 spiro atoms. The van der Waals surface area contributed by atoms with Crippen LogP contribution in [-0.4, -0.2) is 24.4 Å². The quantitative estimate of drug-likeness (QED) is 0.110. The minimum Gasteiger partial charge on any atom is -0.483 e. The topological polar surface area (TPSA) is 38.8 Å². The summed E-state index contributed by atoms with van der Waals surface area (Å²) in [5, 5.41) is 0. The van der Waals surface area contributed by atoms with Crippen LogP contribution < -0.4 is 0 Å². The Balaban J connectivity index is 1.66. The molecule has 1 aliphatic rings. The van der Waals surface area contributed by atoms with Crippen LogP contribution in [0.15, 0.2) is 139 Å². The van der Waals surface area contributed by atoms with Gasteiger partial charge in [-0.25, -0.2) is 4.67 Å². The van der Waals surface area contributed by atoms with E-state index in [4.69, 9.17) is 9.26 Å². The van der Waals surface area contributed by atoms with Gasteiger partial charge < -0.3 is 9.26 Å². The second kappa shape index (κ2) is 13.3. The number of hydrogen-bond acceptors (Lipinski definition) is 3. The predicted octanol–water partition coefficient (Wildman–Crippen LogP) is 9.12. The highest BCUT2D eigenvalue weighted by atomic mass is 31.2. The summed E-state index contributed by atoms with van der Waals surface area (Å²) in [6.45, 7) is 5.41. The standard InChI is InChI=1S/C36H38NO3P/c1-30(2)29-35(39-27-15-19-31-17-7-3-8-18-31)41(38)37(26-16-28-40-41)36(32-20-9-4-10-21-32,33-22-11-5-12-23-33)34-24-13-6-14-25-34/h3-15,17-25,29-30H,16,26-28H2,1-2H3/b19-15+,35-29+/t41-/m1/s1. The predicted molar refractivity (Wildman–Crippen MR) is 168 cm³/mol. The van der Waals surface area contributed by atoms with Gasteiger partial charge in [0.2, 0.25) is 0 Å². The summed E-state index contributed by atoms with van der Waals surface area (Å²) >= 11 is 0. The molecule has 5 rings (SSSR count). The molecule has 0 bridgehead atoms. The molecule has 0 amide bonds. The Hall–Kier alpha value is -3.69. The Morgan fingerprint density at radius 3 is 1.80 bits per heavy atom. The van der Waals surface area contributed by atoms with Gasteiger partial charge in [-0.15, -0.1) is 0 Å². The number of nitrogens with zero attached hydrogens (tertiary/aromatic N) is 1. The average Bonchev–Trinajstić information content (AvgIpc) is 3.02. The zero-order chi connectivity index (χ0) is 28.5. The minimum atomic E-state index is -3.68. The molecule has 1 atom stereocenters. The number of benzene rings is 4. The van der Waals surface area contributed by atoms with E-state index < -0.39 is 13.1 Å². The molecule has 1 heterocycles. The lowest BCUT2D eigenvalue weighted by molar-refractivity contribution is 0.143. The lowest BCUT2D eigenvalue weighted by Crippen LogP contribution is -2.49. The van der Waals surface area contributed by atoms with E-state index in [1.165, 1.54) is 0 Å². The van der Waals surface area contributed by atoms with Crippen molar-refractivity contribution in [3.63, 3.8) is 0 Å². The van der Waals surface area contributed by atoms with E-state index in [1.807, 2.05) is 103 Å². The zero-order valence-electron chi connectivity index (χ0n) is 23.8. The molecule has 1 fully saturated rings. The first-order valence-corrected chi connectivity index (χ1v) is 15.9. The van der Waals surface area contributed by atoms with Gasteiger partial charge in [0.25, 0.3) is 0 Å². The third kappa shape index (κ3) is 6.16. The molecule has 4 nitrogen and oxygen atoms in total. The fourth-order valence-electron chi connectivity index (χ4n) is 5.53. The lowest BCUT2D eigenvalue weighted by atomic mass is 9.77. The summed E-state index contributed by atoms with van der Waals surface area (Å²) < 4.78 is 30.4. The summed E-state index contributed by atoms with van der Waals surface area (Å²) in [5.41, 5.74) is 3.68. The van der Waals surface area contributed by atoms with Crippen LogP contribution in [0.2, 0.25) is 0 Å². The fourth-order valence-corrected chi connectivity index (χ4v) is 8.28. The molecule has 0 saturated carbocycles. The van der Waals surface area contributed by atoms with Gasteiger partial charge in [-0.05, 0) is 46.7 Å². The first-order chi connectivity index (χ1) is 20.0. The SMILES string of the molecule is CC(C)/C=C(\OC/C=C/c1ccccc1)[P@@]1(=O)OCCCN1C(c1ccccc1)(c1ccccc1)c1ccccc1. The molecule has 4 aromatic rings. The zero-order valence-corrected chi connectivity index (χ0v) is 24.7. The van der Waals surface area contributed by atoms with Gasteiger partial charge in [0.05, 0.1) is 6.61 Å². The first-order valence-electron chi connectivity index (χ1n) is 14.3. The van der Waals surface area contributed by atoms with Crippen molar-refractivity contribution in [1.29, 1.82) is 0 Å². The average molecular weight is 564 g/mol. The van der Waals surface area contributed by atoms with E-state index in [2.05, 4.69) is 54.9 Å². The van der Waals surface area contributed by atoms with E-state index in [-0.39, 0.29) is 12.5 Å². The third-order valence-electron chi connectivity index (χ3n) is 7.25. The van der Waals surface area contributed by atoms with E-state index in [1.54, 1.807) is 0 Å². The van der Waals surface area contributed by atoms with Crippen molar-refractivity contribution >= 4 is 13.6 Å². The molecule has 41 heavy (non-hydrogen) atoms. The second-order valence-electron chi connectivity index (χ2n) is 10.5. The maximum atomic E-state index is 15.5. The summed E-state index contributed by atoms with van der Waals surface area (Å²) in [6.07, 6.45) is 6.69. The Bertz CT molecular complexity index is 1390. The van der Waals surface area contributed by atoms with Crippen LogP contribution in [0.3, 0.4) is 0 Å². The van der Waals surface area contributed by atoms with Crippen LogP contribution in [0, 0.1) is 5.92 Å². The van der Waals surface area contributed by atoms with Crippen LogP contribution in [0.5, 0.6) is 0 Å². The van der Waals surface area contributed by atoms with Gasteiger partial charge in [0, 0.05) is 6.54 Å². The van der Waals surface area contributed by atoms with Gasteiger partial charge in [0.1, 0.15) is 12.1 Å². The Labute approximate surface area is 244 Å². The van der Waals surface area contributed by atoms with E-state index in [0.717, 1.165) is 28.7 Å². The molecule has 0 aliphatic carbocycles. The molecule has 210 valence electrons. The normalized spacial score (nSPS) is 18.6. The highest BCUT2D eigenvalue weighted by Crippen LogP contribution is 2.67. The highest BCUT2D eigenvalue weighted by Gasteiger charge is 2.54. The molecule has 0 radical (unpaired) electrons. The summed E-state index contributed by atoms with van der Waals surface area (Å²) in [6, 6.07) is 41.1. The van der Waals surface area contributed by atoms with Crippen LogP contribution in [0.25, 0.3) is 6.08 Å². The van der Waals surface area contributed by atoms with Crippen LogP contribution in [0.4, 0.5) is 0 Å². The van der Waals surface area contributed by atoms with Gasteiger partial charge in [0.15, 0.2) is 5.50 Å². The molecule has 0 N–H and O–H groups in total. The summed E-state index contributed by atoms with van der Waals surface area (Å²) in [7, 11) is -3.68. The number of allylic oxidation sites excluding steroid dienone is 1. The van der Waals surface area contributed by atoms with Gasteiger partial charge in [-0.2, -0.15) is 0 Å². The Morgan fingerprint density at radius 1 is 0.829 bits per heavy atom. The fraction of sp³-hybridized carbons (Fsp3) is 0.222. The molecule has 5 heteroatoms. The number of rotatable bonds is 10. The van der Waals surface area contributed by atoms with E-state index in [9.17, 15) is 0 Å².